The molecule has 0 aromatic carbocycles. The van der Waals surface area contributed by atoms with Crippen molar-refractivity contribution in [1.29, 1.82) is 0 Å². The minimum Gasteiger partial charge on any atom is -0.395 e. The molecular formula is C5H10F3NO3S. The van der Waals surface area contributed by atoms with Crippen molar-refractivity contribution in [3.63, 3.8) is 0 Å². The largest absolute Gasteiger partial charge is 0.511 e. The molecule has 0 rings (SSSR count). The zero-order valence-electron chi connectivity index (χ0n) is 6.80. The van der Waals surface area contributed by atoms with E-state index in [1.165, 1.54) is 11.6 Å². The summed E-state index contributed by atoms with van der Waals surface area (Å²) in [5.41, 5.74) is -5.32. The molecule has 8 heteroatoms. The Kier molecular flexibility index (Phi) is 4.14. The summed E-state index contributed by atoms with van der Waals surface area (Å²) in [5.74, 6) is 0. The van der Waals surface area contributed by atoms with Crippen molar-refractivity contribution in [3.05, 3.63) is 0 Å². The third kappa shape index (κ3) is 3.49. The number of nitrogens with one attached hydrogen (secondary N) is 1. The molecule has 0 aromatic rings. The molecule has 0 amide bonds. The topological polar surface area (TPSA) is 66.4 Å². The van der Waals surface area contributed by atoms with Crippen LogP contribution in [0.25, 0.3) is 0 Å². The third-order valence-electron chi connectivity index (χ3n) is 1.34. The maximum absolute atomic E-state index is 11.7. The molecule has 2 N–H and O–H groups in total. The highest BCUT2D eigenvalue weighted by Gasteiger charge is 2.46. The van der Waals surface area contributed by atoms with Crippen LogP contribution in [0.4, 0.5) is 13.2 Å². The van der Waals surface area contributed by atoms with Crippen LogP contribution in [-0.2, 0) is 10.0 Å². The highest BCUT2D eigenvalue weighted by atomic mass is 32.2. The number of hydrogen-bond acceptors (Lipinski definition) is 3. The summed E-state index contributed by atoms with van der Waals surface area (Å²) in [6.45, 7) is 0.797. The number of hydrogen-bond donors (Lipinski definition) is 2. The van der Waals surface area contributed by atoms with Crippen molar-refractivity contribution >= 4 is 10.0 Å². The van der Waals surface area contributed by atoms with Gasteiger partial charge in [-0.3, -0.25) is 0 Å². The van der Waals surface area contributed by atoms with Gasteiger partial charge in [-0.05, 0) is 6.42 Å². The van der Waals surface area contributed by atoms with E-state index in [2.05, 4.69) is 0 Å². The second-order valence-electron chi connectivity index (χ2n) is 2.35. The van der Waals surface area contributed by atoms with E-state index in [1.54, 1.807) is 0 Å². The number of rotatable bonds is 4. The fraction of sp³-hybridized carbons (Fsp3) is 1.00. The molecule has 0 aliphatic carbocycles. The van der Waals surface area contributed by atoms with E-state index in [0.29, 0.717) is 0 Å². The summed E-state index contributed by atoms with van der Waals surface area (Å²) < 4.78 is 57.4. The molecule has 0 aliphatic heterocycles. The zero-order valence-corrected chi connectivity index (χ0v) is 7.61. The Balaban J connectivity index is 4.52. The molecule has 1 unspecified atom stereocenters. The second-order valence-corrected chi connectivity index (χ2v) is 4.06. The lowest BCUT2D eigenvalue weighted by Gasteiger charge is -2.15. The Bertz CT molecular complexity index is 244. The van der Waals surface area contributed by atoms with Crippen LogP contribution in [0.15, 0.2) is 0 Å². The van der Waals surface area contributed by atoms with Gasteiger partial charge in [0.25, 0.3) is 0 Å². The Labute approximate surface area is 73.8 Å². The van der Waals surface area contributed by atoms with Gasteiger partial charge < -0.3 is 5.11 Å². The van der Waals surface area contributed by atoms with Crippen molar-refractivity contribution in [2.45, 2.75) is 24.9 Å². The van der Waals surface area contributed by atoms with E-state index in [9.17, 15) is 21.6 Å². The van der Waals surface area contributed by atoms with Gasteiger partial charge in [0.1, 0.15) is 0 Å². The van der Waals surface area contributed by atoms with Gasteiger partial charge in [0.2, 0.25) is 0 Å². The molecule has 0 fully saturated rings. The lowest BCUT2D eigenvalue weighted by atomic mass is 10.3. The Hall–Kier alpha value is -0.340. The number of aliphatic hydroxyl groups is 1. The van der Waals surface area contributed by atoms with E-state index in [4.69, 9.17) is 5.11 Å². The van der Waals surface area contributed by atoms with Crippen molar-refractivity contribution in [2.24, 2.45) is 0 Å². The molecule has 4 nitrogen and oxygen atoms in total. The summed E-state index contributed by atoms with van der Waals surface area (Å²) in [6, 6.07) is -1.09. The summed E-state index contributed by atoms with van der Waals surface area (Å²) in [7, 11) is -5.33. The first kappa shape index (κ1) is 12.7. The quantitative estimate of drug-likeness (QED) is 0.712. The van der Waals surface area contributed by atoms with Gasteiger partial charge in [0, 0.05) is 6.04 Å². The molecule has 0 aromatic heterocycles. The van der Waals surface area contributed by atoms with Crippen molar-refractivity contribution in [3.8, 4) is 0 Å². The maximum Gasteiger partial charge on any atom is 0.511 e. The predicted octanol–water partition coefficient (Wildman–Crippen LogP) is 0.197. The fourth-order valence-corrected chi connectivity index (χ4v) is 1.35. The lowest BCUT2D eigenvalue weighted by Crippen LogP contribution is -2.43. The number of halogens is 3. The zero-order chi connectivity index (χ0) is 10.7. The molecule has 80 valence electrons. The molecule has 0 saturated heterocycles. The van der Waals surface area contributed by atoms with Crippen molar-refractivity contribution in [2.75, 3.05) is 6.61 Å². The smallest absolute Gasteiger partial charge is 0.395 e. The SMILES string of the molecule is CCC(CO)NS(=O)(=O)C(F)(F)F. The average Bonchev–Trinajstić information content (AvgIpc) is 1.98. The molecule has 13 heavy (non-hydrogen) atoms. The van der Waals surface area contributed by atoms with Crippen LogP contribution in [0.5, 0.6) is 0 Å². The highest BCUT2D eigenvalue weighted by molar-refractivity contribution is 7.90. The maximum atomic E-state index is 11.7. The number of sulfonamides is 1. The highest BCUT2D eigenvalue weighted by Crippen LogP contribution is 2.22. The molecule has 1 atom stereocenters. The Morgan fingerprint density at radius 1 is 1.46 bits per heavy atom. The van der Waals surface area contributed by atoms with Crippen LogP contribution in [0.3, 0.4) is 0 Å². The van der Waals surface area contributed by atoms with Crippen molar-refractivity contribution < 1.29 is 26.7 Å². The standard InChI is InChI=1S/C5H10F3NO3S/c1-2-4(3-10)9-13(11,12)5(6,7)8/h4,9-10H,2-3H2,1H3. The molecule has 0 bridgehead atoms. The van der Waals surface area contributed by atoms with Gasteiger partial charge in [0.15, 0.2) is 0 Å². The first-order valence-electron chi connectivity index (χ1n) is 3.44. The lowest BCUT2D eigenvalue weighted by molar-refractivity contribution is -0.0452. The molecule has 0 heterocycles. The summed E-state index contributed by atoms with van der Waals surface area (Å²) >= 11 is 0. The van der Waals surface area contributed by atoms with E-state index in [1.807, 2.05) is 0 Å². The predicted molar refractivity (Wildman–Crippen MR) is 39.3 cm³/mol. The summed E-state index contributed by atoms with van der Waals surface area (Å²) in [5, 5.41) is 8.46. The minimum atomic E-state index is -5.33. The van der Waals surface area contributed by atoms with E-state index >= 15 is 0 Å². The van der Waals surface area contributed by atoms with Gasteiger partial charge in [0.05, 0.1) is 6.61 Å². The van der Waals surface area contributed by atoms with Gasteiger partial charge in [-0.1, -0.05) is 6.92 Å². The monoisotopic (exact) mass is 221 g/mol. The molecule has 0 saturated carbocycles. The Morgan fingerprint density at radius 2 is 1.92 bits per heavy atom. The van der Waals surface area contributed by atoms with Gasteiger partial charge >= 0.3 is 15.5 Å². The fourth-order valence-electron chi connectivity index (χ4n) is 0.536. The molecule has 0 aliphatic rings. The van der Waals surface area contributed by atoms with Crippen LogP contribution in [0, 0.1) is 0 Å². The van der Waals surface area contributed by atoms with Crippen LogP contribution in [-0.4, -0.2) is 31.7 Å². The summed E-state index contributed by atoms with van der Waals surface area (Å²) in [4.78, 5) is 0. The number of alkyl halides is 3. The van der Waals surface area contributed by atoms with Crippen LogP contribution < -0.4 is 4.72 Å². The first-order valence-corrected chi connectivity index (χ1v) is 4.92. The second kappa shape index (κ2) is 4.25. The van der Waals surface area contributed by atoms with E-state index in [0.717, 1.165) is 0 Å². The number of aliphatic hydroxyl groups excluding tert-OH is 1. The van der Waals surface area contributed by atoms with Gasteiger partial charge in [-0.2, -0.15) is 13.2 Å². The normalized spacial score (nSPS) is 15.8. The van der Waals surface area contributed by atoms with Crippen molar-refractivity contribution in [1.82, 2.24) is 4.72 Å². The van der Waals surface area contributed by atoms with Gasteiger partial charge in [-0.25, -0.2) is 13.1 Å². The van der Waals surface area contributed by atoms with Gasteiger partial charge in [-0.15, -0.1) is 0 Å². The molecular weight excluding hydrogens is 211 g/mol. The average molecular weight is 221 g/mol. The van der Waals surface area contributed by atoms with Crippen LogP contribution in [0.1, 0.15) is 13.3 Å². The molecule has 0 spiro atoms. The third-order valence-corrected chi connectivity index (χ3v) is 2.59. The summed E-state index contributed by atoms with van der Waals surface area (Å²) in [6.07, 6.45) is 0.0891. The molecule has 0 radical (unpaired) electrons. The van der Waals surface area contributed by atoms with Crippen LogP contribution >= 0.6 is 0 Å². The Morgan fingerprint density at radius 3 is 2.15 bits per heavy atom. The first-order chi connectivity index (χ1) is 5.74. The minimum absolute atomic E-state index is 0.0891. The van der Waals surface area contributed by atoms with E-state index < -0.39 is 28.2 Å². The van der Waals surface area contributed by atoms with Crippen LogP contribution in [0.2, 0.25) is 0 Å². The van der Waals surface area contributed by atoms with E-state index in [-0.39, 0.29) is 6.42 Å².